The van der Waals surface area contributed by atoms with Crippen LogP contribution in [0.2, 0.25) is 0 Å². The van der Waals surface area contributed by atoms with Gasteiger partial charge in [0, 0.05) is 46.8 Å². The summed E-state index contributed by atoms with van der Waals surface area (Å²) in [6.07, 6.45) is 0. The average molecular weight is 258 g/mol. The van der Waals surface area contributed by atoms with Crippen molar-refractivity contribution in [3.8, 4) is 0 Å². The fraction of sp³-hybridized carbons (Fsp3) is 0.545. The summed E-state index contributed by atoms with van der Waals surface area (Å²) in [6, 6.07) is 1.63. The summed E-state index contributed by atoms with van der Waals surface area (Å²) in [4.78, 5) is 13.8. The molecule has 0 saturated heterocycles. The number of hydrogen-bond acceptors (Lipinski definition) is 3. The number of rotatable bonds is 7. The number of carboxylic acids is 1. The zero-order chi connectivity index (χ0) is 12.8. The van der Waals surface area contributed by atoms with Gasteiger partial charge < -0.3 is 15.4 Å². The molecule has 0 aliphatic carbocycles. The van der Waals surface area contributed by atoms with Crippen molar-refractivity contribution in [2.75, 3.05) is 18.1 Å². The molecule has 96 valence electrons. The van der Waals surface area contributed by atoms with Crippen molar-refractivity contribution >= 4 is 16.8 Å². The van der Waals surface area contributed by atoms with Gasteiger partial charge in [0.2, 0.25) is 0 Å². The Balaban J connectivity index is 2.40. The smallest absolute Gasteiger partial charge is 0.337 e. The molecule has 0 aliphatic rings. The molecule has 1 rings (SSSR count). The van der Waals surface area contributed by atoms with Gasteiger partial charge in [0.1, 0.15) is 0 Å². The molecule has 3 N–H and O–H groups in total. The maximum absolute atomic E-state index is 11.2. The van der Waals surface area contributed by atoms with Gasteiger partial charge in [0.05, 0.1) is 5.56 Å². The van der Waals surface area contributed by atoms with E-state index in [1.807, 2.05) is 6.92 Å². The van der Waals surface area contributed by atoms with E-state index >= 15 is 0 Å². The van der Waals surface area contributed by atoms with Crippen LogP contribution < -0.4 is 5.32 Å². The minimum atomic E-state index is -0.919. The van der Waals surface area contributed by atoms with E-state index < -0.39 is 16.8 Å². The Morgan fingerprint density at radius 1 is 1.59 bits per heavy atom. The number of aryl methyl sites for hydroxylation is 1. The summed E-state index contributed by atoms with van der Waals surface area (Å²) in [5, 5.41) is 12.0. The van der Waals surface area contributed by atoms with E-state index in [0.29, 0.717) is 35.9 Å². The van der Waals surface area contributed by atoms with Crippen LogP contribution in [-0.4, -0.2) is 38.3 Å². The molecule has 0 spiro atoms. The van der Waals surface area contributed by atoms with Gasteiger partial charge in [-0.05, 0) is 13.0 Å². The van der Waals surface area contributed by atoms with Gasteiger partial charge in [-0.1, -0.05) is 6.92 Å². The number of nitrogens with one attached hydrogen (secondary N) is 2. The van der Waals surface area contributed by atoms with Crippen LogP contribution in [0.3, 0.4) is 0 Å². The maximum atomic E-state index is 11.2. The zero-order valence-electron chi connectivity index (χ0n) is 10.1. The zero-order valence-corrected chi connectivity index (χ0v) is 10.9. The van der Waals surface area contributed by atoms with Crippen molar-refractivity contribution < 1.29 is 14.1 Å². The van der Waals surface area contributed by atoms with E-state index in [9.17, 15) is 9.00 Å². The number of hydrogen-bond donors (Lipinski definition) is 3. The monoisotopic (exact) mass is 258 g/mol. The molecule has 1 heterocycles. The normalized spacial score (nSPS) is 12.6. The standard InChI is InChI=1S/C11H18N2O3S/c1-3-17(16)5-4-12-7-9-6-10(11(14)15)8(2)13-9/h6,12-13H,3-5,7H2,1-2H3,(H,14,15). The first-order valence-corrected chi connectivity index (χ1v) is 7.00. The van der Waals surface area contributed by atoms with Crippen LogP contribution in [0.5, 0.6) is 0 Å². The highest BCUT2D eigenvalue weighted by Gasteiger charge is 2.10. The number of carboxylic acid groups (broad SMARTS) is 1. The molecule has 1 atom stereocenters. The average Bonchev–Trinajstić information content (AvgIpc) is 2.65. The highest BCUT2D eigenvalue weighted by molar-refractivity contribution is 7.84. The van der Waals surface area contributed by atoms with Crippen molar-refractivity contribution in [3.05, 3.63) is 23.0 Å². The van der Waals surface area contributed by atoms with Crippen LogP contribution >= 0.6 is 0 Å². The van der Waals surface area contributed by atoms with Crippen molar-refractivity contribution in [1.82, 2.24) is 10.3 Å². The topological polar surface area (TPSA) is 82.2 Å². The van der Waals surface area contributed by atoms with E-state index in [1.165, 1.54) is 0 Å². The Hall–Kier alpha value is -1.14. The second-order valence-electron chi connectivity index (χ2n) is 3.75. The Morgan fingerprint density at radius 2 is 2.29 bits per heavy atom. The molecule has 1 unspecified atom stereocenters. The lowest BCUT2D eigenvalue weighted by Crippen LogP contribution is -2.20. The van der Waals surface area contributed by atoms with Crippen LogP contribution in [0.1, 0.15) is 28.7 Å². The lowest BCUT2D eigenvalue weighted by atomic mass is 10.2. The first-order valence-electron chi connectivity index (χ1n) is 5.52. The third-order valence-electron chi connectivity index (χ3n) is 2.44. The number of aromatic nitrogens is 1. The lowest BCUT2D eigenvalue weighted by Gasteiger charge is -2.02. The second-order valence-corrected chi connectivity index (χ2v) is 5.61. The third-order valence-corrected chi connectivity index (χ3v) is 3.75. The van der Waals surface area contributed by atoms with E-state index in [1.54, 1.807) is 13.0 Å². The maximum Gasteiger partial charge on any atom is 0.337 e. The number of H-pyrrole nitrogens is 1. The first-order chi connectivity index (χ1) is 8.04. The molecular formula is C11H18N2O3S. The molecule has 0 aliphatic heterocycles. The van der Waals surface area contributed by atoms with Gasteiger partial charge in [-0.15, -0.1) is 0 Å². The fourth-order valence-electron chi connectivity index (χ4n) is 1.50. The minimum Gasteiger partial charge on any atom is -0.478 e. The Labute approximate surface area is 103 Å². The van der Waals surface area contributed by atoms with E-state index in [0.717, 1.165) is 5.69 Å². The number of aromatic carboxylic acids is 1. The molecule has 0 fully saturated rings. The van der Waals surface area contributed by atoms with Gasteiger partial charge >= 0.3 is 5.97 Å². The predicted octanol–water partition coefficient (Wildman–Crippen LogP) is 0.880. The van der Waals surface area contributed by atoms with Gasteiger partial charge in [0.15, 0.2) is 0 Å². The SMILES string of the molecule is CCS(=O)CCNCc1cc(C(=O)O)c(C)[nH]1. The van der Waals surface area contributed by atoms with Crippen LogP contribution in [0.25, 0.3) is 0 Å². The van der Waals surface area contributed by atoms with Crippen molar-refractivity contribution in [3.63, 3.8) is 0 Å². The molecule has 1 aromatic heterocycles. The van der Waals surface area contributed by atoms with Gasteiger partial charge in [0.25, 0.3) is 0 Å². The molecule has 17 heavy (non-hydrogen) atoms. The largest absolute Gasteiger partial charge is 0.478 e. The summed E-state index contributed by atoms with van der Waals surface area (Å²) >= 11 is 0. The van der Waals surface area contributed by atoms with Crippen LogP contribution in [0, 0.1) is 6.92 Å². The summed E-state index contributed by atoms with van der Waals surface area (Å²) in [7, 11) is -0.758. The molecule has 0 aromatic carbocycles. The van der Waals surface area contributed by atoms with Crippen LogP contribution in [-0.2, 0) is 17.3 Å². The third kappa shape index (κ3) is 4.32. The van der Waals surface area contributed by atoms with E-state index in [4.69, 9.17) is 5.11 Å². The number of aromatic amines is 1. The quantitative estimate of drug-likeness (QED) is 0.634. The predicted molar refractivity (Wildman–Crippen MR) is 67.7 cm³/mol. The van der Waals surface area contributed by atoms with Crippen molar-refractivity contribution in [1.29, 1.82) is 0 Å². The molecule has 1 aromatic rings. The Morgan fingerprint density at radius 3 is 2.82 bits per heavy atom. The fourth-order valence-corrected chi connectivity index (χ4v) is 2.16. The van der Waals surface area contributed by atoms with Crippen molar-refractivity contribution in [2.45, 2.75) is 20.4 Å². The lowest BCUT2D eigenvalue weighted by molar-refractivity contribution is 0.0696. The summed E-state index contributed by atoms with van der Waals surface area (Å²) in [6.45, 7) is 4.86. The highest BCUT2D eigenvalue weighted by Crippen LogP contribution is 2.09. The molecule has 0 saturated carbocycles. The summed E-state index contributed by atoms with van der Waals surface area (Å²) in [5.74, 6) is 0.381. The Kier molecular flexibility index (Phi) is 5.37. The molecular weight excluding hydrogens is 240 g/mol. The van der Waals surface area contributed by atoms with Crippen molar-refractivity contribution in [2.24, 2.45) is 0 Å². The van der Waals surface area contributed by atoms with E-state index in [2.05, 4.69) is 10.3 Å². The number of carbonyl (C=O) groups is 1. The molecule has 0 amide bonds. The Bertz CT molecular complexity index is 415. The molecule has 6 heteroatoms. The van der Waals surface area contributed by atoms with Gasteiger partial charge in [-0.2, -0.15) is 0 Å². The molecule has 0 radical (unpaired) electrons. The minimum absolute atomic E-state index is 0.305. The van der Waals surface area contributed by atoms with E-state index in [-0.39, 0.29) is 0 Å². The van der Waals surface area contributed by atoms with Gasteiger partial charge in [-0.3, -0.25) is 4.21 Å². The molecule has 0 bridgehead atoms. The first kappa shape index (κ1) is 13.9. The molecule has 5 nitrogen and oxygen atoms in total. The summed E-state index contributed by atoms with van der Waals surface area (Å²) < 4.78 is 11.2. The summed E-state index contributed by atoms with van der Waals surface area (Å²) in [5.41, 5.74) is 1.80. The van der Waals surface area contributed by atoms with Crippen LogP contribution in [0.4, 0.5) is 0 Å². The van der Waals surface area contributed by atoms with Crippen LogP contribution in [0.15, 0.2) is 6.07 Å². The van der Waals surface area contributed by atoms with Gasteiger partial charge in [-0.25, -0.2) is 4.79 Å². The highest BCUT2D eigenvalue weighted by atomic mass is 32.2. The second kappa shape index (κ2) is 6.56.